The molecular weight excluding hydrogens is 492 g/mol. The number of hydrogen-bond acceptors (Lipinski definition) is 6. The minimum atomic E-state index is -4.87. The summed E-state index contributed by atoms with van der Waals surface area (Å²) in [5.74, 6) is -2.21. The number of hydrogen-bond donors (Lipinski definition) is 2. The minimum Gasteiger partial charge on any atom is -0.355 e. The maximum Gasteiger partial charge on any atom is 0.417 e. The van der Waals surface area contributed by atoms with Crippen molar-refractivity contribution in [2.45, 2.75) is 30.2 Å². The molecule has 8 nitrogen and oxygen atoms in total. The van der Waals surface area contributed by atoms with Gasteiger partial charge in [-0.25, -0.2) is 23.5 Å². The van der Waals surface area contributed by atoms with E-state index in [2.05, 4.69) is 15.3 Å². The normalized spacial score (nSPS) is 22.8. The number of rotatable bonds is 4. The van der Waals surface area contributed by atoms with E-state index in [0.29, 0.717) is 18.7 Å². The van der Waals surface area contributed by atoms with E-state index in [-0.39, 0.29) is 24.5 Å². The van der Waals surface area contributed by atoms with Crippen LogP contribution in [0.5, 0.6) is 0 Å². The number of amides is 1. The maximum atomic E-state index is 13.7. The predicted molar refractivity (Wildman–Crippen MR) is 106 cm³/mol. The molecule has 0 aromatic carbocycles. The first kappa shape index (κ1) is 24.2. The summed E-state index contributed by atoms with van der Waals surface area (Å²) in [6, 6.07) is 2.56. The summed E-state index contributed by atoms with van der Waals surface area (Å²) in [4.78, 5) is 21.3. The third-order valence-electron chi connectivity index (χ3n) is 6.22. The Morgan fingerprint density at radius 2 is 1.88 bits per heavy atom. The van der Waals surface area contributed by atoms with Crippen molar-refractivity contribution < 1.29 is 39.6 Å². The van der Waals surface area contributed by atoms with Crippen molar-refractivity contribution >= 4 is 27.4 Å². The highest BCUT2D eigenvalue weighted by Gasteiger charge is 2.67. The van der Waals surface area contributed by atoms with Crippen molar-refractivity contribution in [1.82, 2.24) is 9.97 Å². The summed E-state index contributed by atoms with van der Waals surface area (Å²) >= 11 is 0. The molecule has 3 heterocycles. The van der Waals surface area contributed by atoms with Crippen molar-refractivity contribution in [1.29, 1.82) is 0 Å². The largest absolute Gasteiger partial charge is 0.417 e. The molecule has 4 rings (SSSR count). The van der Waals surface area contributed by atoms with E-state index < -0.39 is 62.3 Å². The molecule has 15 heteroatoms. The Morgan fingerprint density at radius 1 is 1.18 bits per heavy atom. The predicted octanol–water partition coefficient (Wildman–Crippen LogP) is 3.17. The molecule has 3 N–H and O–H groups in total. The summed E-state index contributed by atoms with van der Waals surface area (Å²) in [5.41, 5.74) is -4.03. The fourth-order valence-corrected chi connectivity index (χ4v) is 4.84. The molecule has 2 aliphatic rings. The fourth-order valence-electron chi connectivity index (χ4n) is 4.34. The second kappa shape index (κ2) is 7.80. The highest BCUT2D eigenvalue weighted by Crippen LogP contribution is 2.61. The van der Waals surface area contributed by atoms with E-state index in [4.69, 9.17) is 5.14 Å². The van der Waals surface area contributed by atoms with Crippen molar-refractivity contribution in [2.24, 2.45) is 16.5 Å². The number of nitrogens with two attached hydrogens (primary N) is 1. The lowest BCUT2D eigenvalue weighted by molar-refractivity contribution is -0.258. The van der Waals surface area contributed by atoms with E-state index in [1.807, 2.05) is 0 Å². The summed E-state index contributed by atoms with van der Waals surface area (Å²) in [6.07, 6.45) is -7.74. The van der Waals surface area contributed by atoms with Crippen molar-refractivity contribution in [3.05, 3.63) is 41.7 Å². The molecule has 2 fully saturated rings. The third kappa shape index (κ3) is 4.17. The van der Waals surface area contributed by atoms with Gasteiger partial charge >= 0.3 is 12.4 Å². The lowest BCUT2D eigenvalue weighted by Crippen LogP contribution is -2.51. The summed E-state index contributed by atoms with van der Waals surface area (Å²) in [5, 5.41) is 6.62. The summed E-state index contributed by atoms with van der Waals surface area (Å²) in [7, 11) is -4.24. The number of carbonyl (C=O) groups is 1. The zero-order valence-electron chi connectivity index (χ0n) is 17.1. The molecule has 184 valence electrons. The molecular formula is C19H17F6N5O3S. The number of aromatic nitrogens is 2. The van der Waals surface area contributed by atoms with Crippen LogP contribution in [0.25, 0.3) is 0 Å². The van der Waals surface area contributed by atoms with Crippen molar-refractivity contribution in [2.75, 3.05) is 23.3 Å². The highest BCUT2D eigenvalue weighted by atomic mass is 32.2. The van der Waals surface area contributed by atoms with Gasteiger partial charge in [-0.05, 0) is 30.9 Å². The molecule has 1 aliphatic heterocycles. The Morgan fingerprint density at radius 3 is 2.41 bits per heavy atom. The van der Waals surface area contributed by atoms with Gasteiger partial charge in [0.25, 0.3) is 15.9 Å². The molecule has 0 spiro atoms. The number of anilines is 2. The molecule has 1 saturated carbocycles. The molecule has 1 saturated heterocycles. The average Bonchev–Trinajstić information content (AvgIpc) is 2.97. The molecule has 1 aliphatic carbocycles. The van der Waals surface area contributed by atoms with Crippen molar-refractivity contribution in [3.8, 4) is 0 Å². The first-order valence-corrected chi connectivity index (χ1v) is 11.4. The Labute approximate surface area is 189 Å². The van der Waals surface area contributed by atoms with Gasteiger partial charge in [0.2, 0.25) is 0 Å². The smallest absolute Gasteiger partial charge is 0.355 e. The third-order valence-corrected chi connectivity index (χ3v) is 7.03. The molecule has 0 radical (unpaired) electrons. The number of primary sulfonamides is 1. The number of pyridine rings is 2. The lowest BCUT2D eigenvalue weighted by atomic mass is 9.61. The van der Waals surface area contributed by atoms with Gasteiger partial charge in [-0.1, -0.05) is 0 Å². The van der Waals surface area contributed by atoms with Gasteiger partial charge in [-0.15, -0.1) is 0 Å². The van der Waals surface area contributed by atoms with Crippen LogP contribution in [0, 0.1) is 11.3 Å². The summed E-state index contributed by atoms with van der Waals surface area (Å²) < 4.78 is 104. The fraction of sp³-hybridized carbons (Fsp3) is 0.421. The zero-order valence-corrected chi connectivity index (χ0v) is 17.9. The molecule has 2 aromatic heterocycles. The summed E-state index contributed by atoms with van der Waals surface area (Å²) in [6.45, 7) is -0.659. The quantitative estimate of drug-likeness (QED) is 0.612. The van der Waals surface area contributed by atoms with Gasteiger partial charge in [0.15, 0.2) is 5.03 Å². The van der Waals surface area contributed by atoms with Crippen LogP contribution >= 0.6 is 0 Å². The minimum absolute atomic E-state index is 0.118. The van der Waals surface area contributed by atoms with Crippen molar-refractivity contribution in [3.63, 3.8) is 0 Å². The SMILES string of the molecule is NS(=O)(=O)c1cc(NC(=O)c2cc(C(F)(F)F)cnc2N2CC3CCC3(C(F)(F)F)C2)ccn1. The van der Waals surface area contributed by atoms with E-state index in [1.54, 1.807) is 0 Å². The number of halogens is 6. The van der Waals surface area contributed by atoms with E-state index >= 15 is 0 Å². The van der Waals surface area contributed by atoms with Gasteiger partial charge in [0, 0.05) is 37.2 Å². The van der Waals surface area contributed by atoms with E-state index in [0.717, 1.165) is 12.3 Å². The monoisotopic (exact) mass is 509 g/mol. The molecule has 34 heavy (non-hydrogen) atoms. The van der Waals surface area contributed by atoms with E-state index in [9.17, 15) is 39.6 Å². The van der Waals surface area contributed by atoms with Crippen LogP contribution < -0.4 is 15.4 Å². The number of nitrogens with one attached hydrogen (secondary N) is 1. The Balaban J connectivity index is 1.71. The Hall–Kier alpha value is -2.94. The number of carbonyl (C=O) groups excluding carboxylic acids is 1. The maximum absolute atomic E-state index is 13.7. The number of alkyl halides is 6. The Kier molecular flexibility index (Phi) is 5.55. The first-order chi connectivity index (χ1) is 15.6. The number of nitrogens with zero attached hydrogens (tertiary/aromatic N) is 3. The second-order valence-electron chi connectivity index (χ2n) is 8.24. The average molecular weight is 509 g/mol. The lowest BCUT2D eigenvalue weighted by Gasteiger charge is -2.44. The topological polar surface area (TPSA) is 118 Å². The number of sulfonamides is 1. The molecule has 1 amide bonds. The van der Waals surface area contributed by atoms with Crippen LogP contribution in [-0.2, 0) is 16.2 Å². The van der Waals surface area contributed by atoms with Gasteiger partial charge in [-0.2, -0.15) is 26.3 Å². The molecule has 2 atom stereocenters. The molecule has 0 bridgehead atoms. The number of fused-ring (bicyclic) bond motifs is 1. The second-order valence-corrected chi connectivity index (χ2v) is 9.75. The van der Waals surface area contributed by atoms with Crippen LogP contribution in [0.3, 0.4) is 0 Å². The van der Waals surface area contributed by atoms with Gasteiger partial charge in [-0.3, -0.25) is 4.79 Å². The van der Waals surface area contributed by atoms with Gasteiger partial charge < -0.3 is 10.2 Å². The van der Waals surface area contributed by atoms with Crippen LogP contribution in [0.2, 0.25) is 0 Å². The Bertz CT molecular complexity index is 1250. The van der Waals surface area contributed by atoms with Gasteiger partial charge in [0.05, 0.1) is 16.5 Å². The first-order valence-electron chi connectivity index (χ1n) is 9.81. The van der Waals surface area contributed by atoms with Crippen LogP contribution in [0.4, 0.5) is 37.8 Å². The standard InChI is InChI=1S/C19H17F6N5O3S/c20-18(21,22)11-5-13(16(31)29-12-2-4-27-14(6-12)34(26,32)33)15(28-7-11)30-8-10-1-3-17(10,9-30)19(23,24)25/h2,4-7,10H,1,3,8-9H2,(H2,26,32,33)(H,27,29,31). The van der Waals surface area contributed by atoms with E-state index in [1.165, 1.54) is 11.0 Å². The zero-order chi connectivity index (χ0) is 25.1. The van der Waals surface area contributed by atoms with Crippen LogP contribution in [0.1, 0.15) is 28.8 Å². The molecule has 2 unspecified atom stereocenters. The highest BCUT2D eigenvalue weighted by molar-refractivity contribution is 7.89. The van der Waals surface area contributed by atoms with Gasteiger partial charge in [0.1, 0.15) is 5.82 Å². The van der Waals surface area contributed by atoms with Crippen LogP contribution in [0.15, 0.2) is 35.6 Å². The van der Waals surface area contributed by atoms with Crippen LogP contribution in [-0.4, -0.2) is 43.6 Å². The molecule has 2 aromatic rings.